The summed E-state index contributed by atoms with van der Waals surface area (Å²) in [5.74, 6) is -1.67. The standard InChI is InChI=1S/C27H22ClFN4O3S/c1-15-13-30-32(2)23(15)21-12-22(37-24(21)28)25(34)31-18(11-16-6-5-7-17(29)10-16)14-33-26(35)19-8-3-4-9-20(19)27(33)36/h3-10,12-13,18H,11,14H2,1-2H3,(H,31,34)/t18-/m0/s1. The number of imide groups is 1. The van der Waals surface area contributed by atoms with E-state index in [0.29, 0.717) is 31.5 Å². The van der Waals surface area contributed by atoms with E-state index in [9.17, 15) is 18.8 Å². The molecule has 0 bridgehead atoms. The third-order valence-corrected chi connectivity index (χ3v) is 7.63. The number of nitrogens with one attached hydrogen (secondary N) is 1. The van der Waals surface area contributed by atoms with Crippen molar-refractivity contribution in [1.82, 2.24) is 20.0 Å². The molecule has 1 aliphatic heterocycles. The molecular weight excluding hydrogens is 515 g/mol. The first-order valence-electron chi connectivity index (χ1n) is 11.5. The summed E-state index contributed by atoms with van der Waals surface area (Å²) < 4.78 is 16.0. The summed E-state index contributed by atoms with van der Waals surface area (Å²) >= 11 is 7.62. The van der Waals surface area contributed by atoms with E-state index in [0.717, 1.165) is 27.5 Å². The molecule has 3 amide bonds. The van der Waals surface area contributed by atoms with Crippen molar-refractivity contribution in [3.8, 4) is 11.3 Å². The lowest BCUT2D eigenvalue weighted by Gasteiger charge is -2.24. The predicted octanol–water partition coefficient (Wildman–Crippen LogP) is 4.89. The molecule has 1 aliphatic rings. The quantitative estimate of drug-likeness (QED) is 0.341. The minimum Gasteiger partial charge on any atom is -0.346 e. The molecule has 0 fully saturated rings. The maximum absolute atomic E-state index is 13.9. The van der Waals surface area contributed by atoms with Crippen LogP contribution in [0.2, 0.25) is 4.34 Å². The molecule has 1 N–H and O–H groups in total. The fraction of sp³-hybridized carbons (Fsp3) is 0.185. The van der Waals surface area contributed by atoms with Crippen LogP contribution in [0.15, 0.2) is 60.8 Å². The summed E-state index contributed by atoms with van der Waals surface area (Å²) in [7, 11) is 1.80. The minimum absolute atomic E-state index is 0.0681. The van der Waals surface area contributed by atoms with Gasteiger partial charge in [-0.2, -0.15) is 5.10 Å². The summed E-state index contributed by atoms with van der Waals surface area (Å²) in [6.45, 7) is 1.84. The molecule has 5 rings (SSSR count). The second-order valence-corrected chi connectivity index (χ2v) is 10.5. The summed E-state index contributed by atoms with van der Waals surface area (Å²) in [6.07, 6.45) is 1.93. The van der Waals surface area contributed by atoms with Gasteiger partial charge in [0.2, 0.25) is 0 Å². The Morgan fingerprint density at radius 2 is 1.78 bits per heavy atom. The van der Waals surface area contributed by atoms with Gasteiger partial charge in [0.05, 0.1) is 33.9 Å². The third kappa shape index (κ3) is 4.80. The monoisotopic (exact) mass is 536 g/mol. The van der Waals surface area contributed by atoms with Gasteiger partial charge in [0.25, 0.3) is 17.7 Å². The van der Waals surface area contributed by atoms with Crippen molar-refractivity contribution in [2.24, 2.45) is 7.05 Å². The van der Waals surface area contributed by atoms with Crippen LogP contribution in [-0.2, 0) is 13.5 Å². The number of rotatable bonds is 7. The number of hydrogen-bond donors (Lipinski definition) is 1. The third-order valence-electron chi connectivity index (χ3n) is 6.27. The van der Waals surface area contributed by atoms with E-state index in [1.54, 1.807) is 60.4 Å². The molecule has 0 radical (unpaired) electrons. The topological polar surface area (TPSA) is 84.3 Å². The van der Waals surface area contributed by atoms with Gasteiger partial charge in [0.15, 0.2) is 0 Å². The molecule has 2 aromatic heterocycles. The Bertz CT molecular complexity index is 1490. The van der Waals surface area contributed by atoms with Crippen LogP contribution < -0.4 is 5.32 Å². The normalized spacial score (nSPS) is 13.7. The number of fused-ring (bicyclic) bond motifs is 1. The number of carbonyl (C=O) groups excluding carboxylic acids is 3. The second kappa shape index (κ2) is 9.91. The van der Waals surface area contributed by atoms with Crippen LogP contribution in [0.3, 0.4) is 0 Å². The summed E-state index contributed by atoms with van der Waals surface area (Å²) in [4.78, 5) is 40.7. The van der Waals surface area contributed by atoms with Gasteiger partial charge in [-0.3, -0.25) is 24.0 Å². The van der Waals surface area contributed by atoms with E-state index >= 15 is 0 Å². The zero-order chi connectivity index (χ0) is 26.3. The minimum atomic E-state index is -0.667. The van der Waals surface area contributed by atoms with Crippen LogP contribution in [0.25, 0.3) is 11.3 Å². The van der Waals surface area contributed by atoms with E-state index in [1.807, 2.05) is 6.92 Å². The molecule has 2 aromatic carbocycles. The number of benzene rings is 2. The van der Waals surface area contributed by atoms with E-state index < -0.39 is 29.6 Å². The number of nitrogens with zero attached hydrogens (tertiary/aromatic N) is 3. The molecule has 0 saturated carbocycles. The Labute approximate surface area is 221 Å². The molecule has 0 spiro atoms. The lowest BCUT2D eigenvalue weighted by molar-refractivity contribution is 0.0629. The van der Waals surface area contributed by atoms with E-state index in [2.05, 4.69) is 10.4 Å². The molecule has 188 valence electrons. The fourth-order valence-electron chi connectivity index (χ4n) is 4.57. The summed E-state index contributed by atoms with van der Waals surface area (Å²) in [5, 5.41) is 7.17. The van der Waals surface area contributed by atoms with Gasteiger partial charge in [0, 0.05) is 19.2 Å². The Morgan fingerprint density at radius 1 is 1.08 bits per heavy atom. The highest BCUT2D eigenvalue weighted by molar-refractivity contribution is 7.18. The molecule has 1 atom stereocenters. The van der Waals surface area contributed by atoms with Crippen LogP contribution in [0.1, 0.15) is 41.5 Å². The number of amides is 3. The van der Waals surface area contributed by atoms with Crippen molar-refractivity contribution in [3.05, 3.63) is 98.1 Å². The van der Waals surface area contributed by atoms with Crippen molar-refractivity contribution >= 4 is 40.7 Å². The van der Waals surface area contributed by atoms with Gasteiger partial charge >= 0.3 is 0 Å². The number of thiophene rings is 1. The first kappa shape index (κ1) is 24.9. The lowest BCUT2D eigenvalue weighted by atomic mass is 10.0. The second-order valence-electron chi connectivity index (χ2n) is 8.87. The molecular formula is C27H22ClFN4O3S. The molecule has 10 heteroatoms. The highest BCUT2D eigenvalue weighted by Gasteiger charge is 2.37. The number of aryl methyl sites for hydroxylation is 2. The Hall–Kier alpha value is -3.82. The van der Waals surface area contributed by atoms with Crippen molar-refractivity contribution in [1.29, 1.82) is 0 Å². The van der Waals surface area contributed by atoms with Crippen LogP contribution in [0.4, 0.5) is 4.39 Å². The summed E-state index contributed by atoms with van der Waals surface area (Å²) in [5.41, 5.74) is 3.69. The van der Waals surface area contributed by atoms with Gasteiger partial charge in [-0.05, 0) is 54.8 Å². The zero-order valence-electron chi connectivity index (χ0n) is 20.0. The van der Waals surface area contributed by atoms with Gasteiger partial charge in [0.1, 0.15) is 10.2 Å². The summed E-state index contributed by atoms with van der Waals surface area (Å²) in [6, 6.07) is 13.6. The van der Waals surface area contributed by atoms with Crippen molar-refractivity contribution in [2.75, 3.05) is 6.54 Å². The maximum atomic E-state index is 13.9. The molecule has 0 aliphatic carbocycles. The van der Waals surface area contributed by atoms with Crippen LogP contribution >= 0.6 is 22.9 Å². The lowest BCUT2D eigenvalue weighted by Crippen LogP contribution is -2.46. The van der Waals surface area contributed by atoms with Crippen molar-refractivity contribution in [3.63, 3.8) is 0 Å². The number of aromatic nitrogens is 2. The Morgan fingerprint density at radius 3 is 2.41 bits per heavy atom. The predicted molar refractivity (Wildman–Crippen MR) is 139 cm³/mol. The molecule has 4 aromatic rings. The Balaban J connectivity index is 1.42. The molecule has 0 unspecified atom stereocenters. The number of hydrogen-bond acceptors (Lipinski definition) is 5. The van der Waals surface area contributed by atoms with Gasteiger partial charge < -0.3 is 5.32 Å². The molecule has 3 heterocycles. The molecule has 0 saturated heterocycles. The molecule has 37 heavy (non-hydrogen) atoms. The first-order valence-corrected chi connectivity index (χ1v) is 12.7. The Kier molecular flexibility index (Phi) is 6.66. The average Bonchev–Trinajstić information content (AvgIpc) is 3.48. The van der Waals surface area contributed by atoms with Gasteiger partial charge in [-0.15, -0.1) is 11.3 Å². The number of carbonyl (C=O) groups is 3. The van der Waals surface area contributed by atoms with E-state index in [1.165, 1.54) is 12.1 Å². The molecule has 7 nitrogen and oxygen atoms in total. The van der Waals surface area contributed by atoms with E-state index in [4.69, 9.17) is 11.6 Å². The van der Waals surface area contributed by atoms with Crippen molar-refractivity contribution in [2.45, 2.75) is 19.4 Å². The first-order chi connectivity index (χ1) is 17.7. The van der Waals surface area contributed by atoms with Crippen LogP contribution in [0, 0.1) is 12.7 Å². The van der Waals surface area contributed by atoms with Gasteiger partial charge in [-0.1, -0.05) is 35.9 Å². The smallest absolute Gasteiger partial charge is 0.261 e. The fourth-order valence-corrected chi connectivity index (χ4v) is 5.75. The van der Waals surface area contributed by atoms with Crippen molar-refractivity contribution < 1.29 is 18.8 Å². The highest BCUT2D eigenvalue weighted by atomic mass is 35.5. The van der Waals surface area contributed by atoms with Gasteiger partial charge in [-0.25, -0.2) is 4.39 Å². The SMILES string of the molecule is Cc1cnn(C)c1-c1cc(C(=O)N[C@@H](Cc2cccc(F)c2)CN2C(=O)c3ccccc3C2=O)sc1Cl. The largest absolute Gasteiger partial charge is 0.346 e. The highest BCUT2D eigenvalue weighted by Crippen LogP contribution is 2.37. The zero-order valence-corrected chi connectivity index (χ0v) is 21.6. The van der Waals surface area contributed by atoms with Crippen LogP contribution in [0.5, 0.6) is 0 Å². The average molecular weight is 537 g/mol. The van der Waals surface area contributed by atoms with Crippen LogP contribution in [-0.4, -0.2) is 45.0 Å². The van der Waals surface area contributed by atoms with E-state index in [-0.39, 0.29) is 13.0 Å². The maximum Gasteiger partial charge on any atom is 0.261 e. The number of halogens is 2.